The van der Waals surface area contributed by atoms with Crippen LogP contribution in [0.15, 0.2) is 53.7 Å². The highest BCUT2D eigenvalue weighted by molar-refractivity contribution is 8.18. The SMILES string of the molecule is O=C1NC(=O)/C(=C/c2cn(Cc3ccccn3)c3cc(Cl)ccc23)S1. The Kier molecular flexibility index (Phi) is 4.07. The fourth-order valence-electron chi connectivity index (χ4n) is 2.77. The molecule has 1 aliphatic heterocycles. The van der Waals surface area contributed by atoms with E-state index in [4.69, 9.17) is 11.6 Å². The van der Waals surface area contributed by atoms with Gasteiger partial charge in [-0.15, -0.1) is 0 Å². The Morgan fingerprint density at radius 3 is 2.84 bits per heavy atom. The van der Waals surface area contributed by atoms with Gasteiger partial charge in [0.1, 0.15) is 0 Å². The molecule has 1 saturated heterocycles. The molecule has 0 radical (unpaired) electrons. The van der Waals surface area contributed by atoms with Crippen molar-refractivity contribution in [2.24, 2.45) is 0 Å². The first-order valence-corrected chi connectivity index (χ1v) is 8.73. The normalized spacial score (nSPS) is 16.0. The maximum atomic E-state index is 11.8. The van der Waals surface area contributed by atoms with E-state index in [0.717, 1.165) is 33.9 Å². The van der Waals surface area contributed by atoms with Crippen molar-refractivity contribution in [3.05, 3.63) is 70.0 Å². The van der Waals surface area contributed by atoms with Crippen LogP contribution in [0.1, 0.15) is 11.3 Å². The number of rotatable bonds is 3. The van der Waals surface area contributed by atoms with Crippen LogP contribution < -0.4 is 5.32 Å². The van der Waals surface area contributed by atoms with Gasteiger partial charge in [-0.3, -0.25) is 19.9 Å². The zero-order chi connectivity index (χ0) is 17.4. The molecule has 1 fully saturated rings. The van der Waals surface area contributed by atoms with Crippen molar-refractivity contribution in [2.45, 2.75) is 6.54 Å². The summed E-state index contributed by atoms with van der Waals surface area (Å²) in [6.45, 7) is 0.582. The predicted molar refractivity (Wildman–Crippen MR) is 99.4 cm³/mol. The molecule has 7 heteroatoms. The van der Waals surface area contributed by atoms with Crippen molar-refractivity contribution in [2.75, 3.05) is 0 Å². The number of thioether (sulfide) groups is 1. The Bertz CT molecular complexity index is 1030. The van der Waals surface area contributed by atoms with Gasteiger partial charge in [-0.2, -0.15) is 0 Å². The quantitative estimate of drug-likeness (QED) is 0.707. The van der Waals surface area contributed by atoms with Crippen molar-refractivity contribution in [3.63, 3.8) is 0 Å². The fourth-order valence-corrected chi connectivity index (χ4v) is 3.61. The van der Waals surface area contributed by atoms with Gasteiger partial charge in [-0.25, -0.2) is 0 Å². The highest BCUT2D eigenvalue weighted by atomic mass is 35.5. The highest BCUT2D eigenvalue weighted by Gasteiger charge is 2.25. The third-order valence-electron chi connectivity index (χ3n) is 3.86. The minimum absolute atomic E-state index is 0.350. The van der Waals surface area contributed by atoms with E-state index < -0.39 is 0 Å². The summed E-state index contributed by atoms with van der Waals surface area (Å²) < 4.78 is 2.04. The van der Waals surface area contributed by atoms with Crippen molar-refractivity contribution in [1.82, 2.24) is 14.9 Å². The molecule has 1 N–H and O–H groups in total. The van der Waals surface area contributed by atoms with Gasteiger partial charge in [0.2, 0.25) is 0 Å². The summed E-state index contributed by atoms with van der Waals surface area (Å²) in [5.41, 5.74) is 2.72. The molecule has 1 aliphatic rings. The zero-order valence-corrected chi connectivity index (χ0v) is 14.5. The molecule has 5 nitrogen and oxygen atoms in total. The number of amides is 2. The van der Waals surface area contributed by atoms with Crippen LogP contribution in [0.3, 0.4) is 0 Å². The smallest absolute Gasteiger partial charge is 0.290 e. The van der Waals surface area contributed by atoms with Crippen LogP contribution >= 0.6 is 23.4 Å². The van der Waals surface area contributed by atoms with Crippen LogP contribution in [0.25, 0.3) is 17.0 Å². The number of carbonyl (C=O) groups excluding carboxylic acids is 2. The minimum atomic E-state index is -0.366. The molecular formula is C18H12ClN3O2S. The van der Waals surface area contributed by atoms with E-state index in [2.05, 4.69) is 10.3 Å². The number of halogens is 1. The summed E-state index contributed by atoms with van der Waals surface area (Å²) in [5.74, 6) is -0.366. The molecule has 4 rings (SSSR count). The lowest BCUT2D eigenvalue weighted by molar-refractivity contribution is -0.115. The van der Waals surface area contributed by atoms with Crippen molar-refractivity contribution < 1.29 is 9.59 Å². The number of imide groups is 1. The Morgan fingerprint density at radius 1 is 1.24 bits per heavy atom. The number of fused-ring (bicyclic) bond motifs is 1. The van der Waals surface area contributed by atoms with Crippen LogP contribution in [-0.4, -0.2) is 20.7 Å². The third kappa shape index (κ3) is 3.18. The molecule has 0 aliphatic carbocycles. The molecule has 1 aromatic carbocycles. The Balaban J connectivity index is 1.81. The molecule has 0 atom stereocenters. The van der Waals surface area contributed by atoms with Crippen LogP contribution in [0.4, 0.5) is 4.79 Å². The number of nitrogens with one attached hydrogen (secondary N) is 1. The van der Waals surface area contributed by atoms with Gasteiger partial charge in [0.05, 0.1) is 22.7 Å². The number of hydrogen-bond donors (Lipinski definition) is 1. The van der Waals surface area contributed by atoms with Crippen molar-refractivity contribution >= 4 is 51.5 Å². The Hall–Kier alpha value is -2.57. The summed E-state index contributed by atoms with van der Waals surface area (Å²) in [4.78, 5) is 27.9. The van der Waals surface area contributed by atoms with Gasteiger partial charge in [-0.1, -0.05) is 23.7 Å². The average molecular weight is 370 g/mol. The number of benzene rings is 1. The summed E-state index contributed by atoms with van der Waals surface area (Å²) in [6, 6.07) is 11.4. The second-order valence-corrected chi connectivity index (χ2v) is 7.00. The molecular weight excluding hydrogens is 358 g/mol. The minimum Gasteiger partial charge on any atom is -0.341 e. The van der Waals surface area contributed by atoms with Crippen LogP contribution in [0.5, 0.6) is 0 Å². The monoisotopic (exact) mass is 369 g/mol. The molecule has 0 unspecified atom stereocenters. The van der Waals surface area contributed by atoms with Gasteiger partial charge in [-0.05, 0) is 42.1 Å². The third-order valence-corrected chi connectivity index (χ3v) is 4.91. The van der Waals surface area contributed by atoms with E-state index >= 15 is 0 Å². The van der Waals surface area contributed by atoms with Gasteiger partial charge < -0.3 is 4.57 Å². The lowest BCUT2D eigenvalue weighted by Crippen LogP contribution is -2.17. The first kappa shape index (κ1) is 15.9. The topological polar surface area (TPSA) is 64.0 Å². The molecule has 124 valence electrons. The van der Waals surface area contributed by atoms with E-state index in [-0.39, 0.29) is 11.1 Å². The number of nitrogens with zero attached hydrogens (tertiary/aromatic N) is 2. The average Bonchev–Trinajstić information content (AvgIpc) is 3.08. The first-order chi connectivity index (χ1) is 12.1. The first-order valence-electron chi connectivity index (χ1n) is 7.53. The molecule has 3 heterocycles. The number of hydrogen-bond acceptors (Lipinski definition) is 4. The second kappa shape index (κ2) is 6.38. The molecule has 0 saturated carbocycles. The van der Waals surface area contributed by atoms with E-state index in [1.54, 1.807) is 12.3 Å². The van der Waals surface area contributed by atoms with Crippen molar-refractivity contribution in [1.29, 1.82) is 0 Å². The molecule has 2 aromatic heterocycles. The number of aromatic nitrogens is 2. The number of carbonyl (C=O) groups is 2. The standard InChI is InChI=1S/C18H12ClN3O2S/c19-12-4-5-14-11(7-16-17(23)21-18(24)25-16)9-22(15(14)8-12)10-13-3-1-2-6-20-13/h1-9H,10H2,(H,21,23,24)/b16-7-. The Morgan fingerprint density at radius 2 is 2.12 bits per heavy atom. The van der Waals surface area contributed by atoms with E-state index in [1.807, 2.05) is 47.2 Å². The van der Waals surface area contributed by atoms with Crippen LogP contribution in [-0.2, 0) is 11.3 Å². The summed E-state index contributed by atoms with van der Waals surface area (Å²) >= 11 is 7.07. The summed E-state index contributed by atoms with van der Waals surface area (Å²) in [5, 5.41) is 3.51. The highest BCUT2D eigenvalue weighted by Crippen LogP contribution is 2.31. The molecule has 3 aromatic rings. The second-order valence-electron chi connectivity index (χ2n) is 5.55. The molecule has 2 amide bonds. The fraction of sp³-hybridized carbons (Fsp3) is 0.0556. The van der Waals surface area contributed by atoms with Crippen LogP contribution in [0, 0.1) is 0 Å². The zero-order valence-electron chi connectivity index (χ0n) is 12.9. The molecule has 0 spiro atoms. The molecule has 0 bridgehead atoms. The summed E-state index contributed by atoms with van der Waals surface area (Å²) in [6.07, 6.45) is 5.43. The van der Waals surface area contributed by atoms with Gasteiger partial charge in [0.15, 0.2) is 0 Å². The van der Waals surface area contributed by atoms with E-state index in [1.165, 1.54) is 0 Å². The molecule has 25 heavy (non-hydrogen) atoms. The lowest BCUT2D eigenvalue weighted by Gasteiger charge is -2.04. The lowest BCUT2D eigenvalue weighted by atomic mass is 10.1. The van der Waals surface area contributed by atoms with Crippen molar-refractivity contribution in [3.8, 4) is 0 Å². The maximum absolute atomic E-state index is 11.8. The van der Waals surface area contributed by atoms with Gasteiger partial charge in [0, 0.05) is 28.4 Å². The Labute approximate surface area is 152 Å². The van der Waals surface area contributed by atoms with Gasteiger partial charge in [0.25, 0.3) is 11.1 Å². The largest absolute Gasteiger partial charge is 0.341 e. The summed E-state index contributed by atoms with van der Waals surface area (Å²) in [7, 11) is 0. The number of pyridine rings is 1. The van der Waals surface area contributed by atoms with E-state index in [9.17, 15) is 9.59 Å². The maximum Gasteiger partial charge on any atom is 0.290 e. The van der Waals surface area contributed by atoms with Gasteiger partial charge >= 0.3 is 0 Å². The predicted octanol–water partition coefficient (Wildman–Crippen LogP) is 4.06. The van der Waals surface area contributed by atoms with Crippen LogP contribution in [0.2, 0.25) is 5.02 Å². The van der Waals surface area contributed by atoms with E-state index in [0.29, 0.717) is 16.5 Å².